The highest BCUT2D eigenvalue weighted by atomic mass is 32.1. The van der Waals surface area contributed by atoms with Gasteiger partial charge < -0.3 is 4.57 Å². The summed E-state index contributed by atoms with van der Waals surface area (Å²) in [7, 11) is 0. The molecule has 1 aliphatic rings. The zero-order chi connectivity index (χ0) is 21.3. The van der Waals surface area contributed by atoms with Crippen LogP contribution >= 0.6 is 11.3 Å². The molecule has 0 bridgehead atoms. The van der Waals surface area contributed by atoms with Crippen LogP contribution in [-0.4, -0.2) is 38.7 Å². The van der Waals surface area contributed by atoms with E-state index >= 15 is 0 Å². The Bertz CT molecular complexity index is 1250. The fourth-order valence-electron chi connectivity index (χ4n) is 3.18. The van der Waals surface area contributed by atoms with Crippen molar-refractivity contribution < 1.29 is 19.3 Å². The Kier molecular flexibility index (Phi) is 5.07. The van der Waals surface area contributed by atoms with E-state index in [1.165, 1.54) is 23.5 Å². The van der Waals surface area contributed by atoms with Crippen molar-refractivity contribution in [2.75, 3.05) is 6.54 Å². The molecule has 0 N–H and O–H groups in total. The number of carbonyl (C=O) groups excluding carboxylic acids is 3. The number of carbonyl (C=O) groups is 3. The van der Waals surface area contributed by atoms with E-state index in [-0.39, 0.29) is 11.1 Å². The highest BCUT2D eigenvalue weighted by Gasteiger charge is 2.41. The van der Waals surface area contributed by atoms with Gasteiger partial charge in [-0.25, -0.2) is 0 Å². The fraction of sp³-hybridized carbons (Fsp3) is 0.100. The lowest BCUT2D eigenvalue weighted by Gasteiger charge is -2.10. The molecule has 3 amide bonds. The second-order valence-electron chi connectivity index (χ2n) is 6.46. The summed E-state index contributed by atoms with van der Waals surface area (Å²) in [5.74, 6) is -2.31. The maximum atomic E-state index is 12.6. The van der Waals surface area contributed by atoms with E-state index in [9.17, 15) is 24.5 Å². The molecule has 0 atom stereocenters. The Balaban J connectivity index is 1.57. The molecule has 3 aromatic rings. The van der Waals surface area contributed by atoms with Crippen LogP contribution in [0, 0.1) is 10.1 Å². The number of imide groups is 1. The number of thiazole rings is 1. The van der Waals surface area contributed by atoms with Crippen molar-refractivity contribution in [2.24, 2.45) is 4.99 Å². The first-order valence-electron chi connectivity index (χ1n) is 8.84. The van der Waals surface area contributed by atoms with E-state index in [1.54, 1.807) is 16.1 Å². The summed E-state index contributed by atoms with van der Waals surface area (Å²) in [6.07, 6.45) is 1.79. The van der Waals surface area contributed by atoms with Gasteiger partial charge >= 0.3 is 0 Å². The van der Waals surface area contributed by atoms with E-state index in [0.717, 1.165) is 11.6 Å². The van der Waals surface area contributed by atoms with Crippen LogP contribution in [0.2, 0.25) is 0 Å². The first-order valence-corrected chi connectivity index (χ1v) is 9.72. The molecule has 2 heterocycles. The predicted octanol–water partition coefficient (Wildman–Crippen LogP) is 2.23. The van der Waals surface area contributed by atoms with Gasteiger partial charge in [0.2, 0.25) is 0 Å². The van der Waals surface area contributed by atoms with Gasteiger partial charge in [-0.05, 0) is 11.6 Å². The summed E-state index contributed by atoms with van der Waals surface area (Å²) < 4.78 is 1.78. The molecule has 10 heteroatoms. The van der Waals surface area contributed by atoms with Gasteiger partial charge in [0, 0.05) is 24.2 Å². The van der Waals surface area contributed by atoms with Crippen LogP contribution in [0.3, 0.4) is 0 Å². The summed E-state index contributed by atoms with van der Waals surface area (Å²) in [6, 6.07) is 13.4. The number of benzene rings is 2. The largest absolute Gasteiger partial charge is 0.319 e. The van der Waals surface area contributed by atoms with E-state index in [0.29, 0.717) is 16.2 Å². The van der Waals surface area contributed by atoms with Crippen LogP contribution in [0.5, 0.6) is 0 Å². The topological polar surface area (TPSA) is 115 Å². The quantitative estimate of drug-likeness (QED) is 0.355. The minimum atomic E-state index is -0.866. The van der Waals surface area contributed by atoms with Gasteiger partial charge in [-0.3, -0.25) is 29.4 Å². The zero-order valence-electron chi connectivity index (χ0n) is 15.4. The van der Waals surface area contributed by atoms with Gasteiger partial charge in [0.05, 0.1) is 10.5 Å². The van der Waals surface area contributed by atoms with Crippen LogP contribution in [0.4, 0.5) is 5.69 Å². The molecule has 2 aromatic carbocycles. The third-order valence-electron chi connectivity index (χ3n) is 4.54. The predicted molar refractivity (Wildman–Crippen MR) is 107 cm³/mol. The number of aromatic nitrogens is 1. The molecule has 0 radical (unpaired) electrons. The number of nitrogens with zero attached hydrogens (tertiary/aromatic N) is 4. The molecule has 4 rings (SSSR count). The van der Waals surface area contributed by atoms with Crippen LogP contribution in [0.1, 0.15) is 26.3 Å². The second kappa shape index (κ2) is 7.84. The Morgan fingerprint density at radius 1 is 1.07 bits per heavy atom. The third kappa shape index (κ3) is 3.55. The molecular formula is C20H14N4O5S. The van der Waals surface area contributed by atoms with Gasteiger partial charge in [-0.2, -0.15) is 4.99 Å². The molecule has 30 heavy (non-hydrogen) atoms. The molecule has 150 valence electrons. The summed E-state index contributed by atoms with van der Waals surface area (Å²) >= 11 is 1.25. The number of nitro groups is 1. The SMILES string of the molecule is O=C(CN1C(=O)c2cccc([N+](=O)[O-])c2C1=O)N=c1sccn1Cc1ccccc1. The number of amides is 3. The molecule has 0 saturated heterocycles. The standard InChI is InChI=1S/C20H14N4O5S/c25-16(21-20-22(9-10-30-20)11-13-5-2-1-3-6-13)12-23-18(26)14-7-4-8-15(24(28)29)17(14)19(23)27/h1-10H,11-12H2. The number of fused-ring (bicyclic) bond motifs is 1. The average Bonchev–Trinajstić information content (AvgIpc) is 3.26. The lowest BCUT2D eigenvalue weighted by atomic mass is 10.1. The molecule has 0 saturated carbocycles. The summed E-state index contributed by atoms with van der Waals surface area (Å²) in [5.41, 5.74) is 0.182. The number of hydrogen-bond acceptors (Lipinski definition) is 6. The number of rotatable bonds is 5. The molecule has 0 unspecified atom stereocenters. The average molecular weight is 422 g/mol. The molecule has 0 aliphatic carbocycles. The Labute approximate surface area is 173 Å². The fourth-order valence-corrected chi connectivity index (χ4v) is 3.92. The van der Waals surface area contributed by atoms with Crippen molar-refractivity contribution in [2.45, 2.75) is 6.54 Å². The number of hydrogen-bond donors (Lipinski definition) is 0. The van der Waals surface area contributed by atoms with Crippen LogP contribution in [-0.2, 0) is 11.3 Å². The van der Waals surface area contributed by atoms with Crippen molar-refractivity contribution in [3.05, 3.63) is 91.7 Å². The van der Waals surface area contributed by atoms with Crippen LogP contribution < -0.4 is 4.80 Å². The van der Waals surface area contributed by atoms with Gasteiger partial charge in [-0.15, -0.1) is 11.3 Å². The zero-order valence-corrected chi connectivity index (χ0v) is 16.2. The monoisotopic (exact) mass is 422 g/mol. The maximum absolute atomic E-state index is 12.6. The minimum absolute atomic E-state index is 0.0859. The van der Waals surface area contributed by atoms with E-state index in [4.69, 9.17) is 0 Å². The molecular weight excluding hydrogens is 408 g/mol. The molecule has 9 nitrogen and oxygen atoms in total. The highest BCUT2D eigenvalue weighted by molar-refractivity contribution is 7.07. The van der Waals surface area contributed by atoms with E-state index in [2.05, 4.69) is 4.99 Å². The lowest BCUT2D eigenvalue weighted by molar-refractivity contribution is -0.385. The Morgan fingerprint density at radius 3 is 2.57 bits per heavy atom. The van der Waals surface area contributed by atoms with Crippen LogP contribution in [0.15, 0.2) is 65.1 Å². The van der Waals surface area contributed by atoms with Gasteiger partial charge in [-0.1, -0.05) is 36.4 Å². The molecule has 0 fully saturated rings. The van der Waals surface area contributed by atoms with E-state index in [1.807, 2.05) is 30.3 Å². The van der Waals surface area contributed by atoms with Gasteiger partial charge in [0.1, 0.15) is 12.1 Å². The Morgan fingerprint density at radius 2 is 1.83 bits per heavy atom. The maximum Gasteiger partial charge on any atom is 0.282 e. The smallest absolute Gasteiger partial charge is 0.282 e. The normalized spacial score (nSPS) is 13.6. The minimum Gasteiger partial charge on any atom is -0.319 e. The lowest BCUT2D eigenvalue weighted by Crippen LogP contribution is -2.35. The summed E-state index contributed by atoms with van der Waals surface area (Å²) in [4.78, 5) is 53.2. The van der Waals surface area contributed by atoms with Crippen molar-refractivity contribution >= 4 is 34.7 Å². The summed E-state index contributed by atoms with van der Waals surface area (Å²) in [6.45, 7) is -0.0809. The Hall–Kier alpha value is -3.92. The molecule has 1 aromatic heterocycles. The summed E-state index contributed by atoms with van der Waals surface area (Å²) in [5, 5.41) is 13.0. The van der Waals surface area contributed by atoms with Crippen molar-refractivity contribution in [3.63, 3.8) is 0 Å². The second-order valence-corrected chi connectivity index (χ2v) is 7.33. The van der Waals surface area contributed by atoms with Crippen molar-refractivity contribution in [1.82, 2.24) is 9.47 Å². The first kappa shape index (κ1) is 19.4. The first-order chi connectivity index (χ1) is 14.5. The van der Waals surface area contributed by atoms with E-state index < -0.39 is 34.9 Å². The van der Waals surface area contributed by atoms with Crippen LogP contribution in [0.25, 0.3) is 0 Å². The van der Waals surface area contributed by atoms with Gasteiger partial charge in [0.25, 0.3) is 23.4 Å². The van der Waals surface area contributed by atoms with Gasteiger partial charge in [0.15, 0.2) is 4.80 Å². The number of nitro benzene ring substituents is 1. The molecule has 1 aliphatic heterocycles. The third-order valence-corrected chi connectivity index (χ3v) is 5.34. The van der Waals surface area contributed by atoms with Crippen molar-refractivity contribution in [1.29, 1.82) is 0 Å². The highest BCUT2D eigenvalue weighted by Crippen LogP contribution is 2.30. The molecule has 0 spiro atoms. The van der Waals surface area contributed by atoms with Crippen molar-refractivity contribution in [3.8, 4) is 0 Å².